The van der Waals surface area contributed by atoms with Gasteiger partial charge in [0, 0.05) is 23.0 Å². The SMILES string of the molecule is CCNC(Cc1nccs1)C(C)Oc1cccc(Cl)c1. The fourth-order valence-corrected chi connectivity index (χ4v) is 2.90. The van der Waals surface area contributed by atoms with Gasteiger partial charge >= 0.3 is 0 Å². The highest BCUT2D eigenvalue weighted by molar-refractivity contribution is 7.09. The molecule has 0 bridgehead atoms. The van der Waals surface area contributed by atoms with Gasteiger partial charge in [-0.3, -0.25) is 0 Å². The van der Waals surface area contributed by atoms with E-state index in [1.165, 1.54) is 0 Å². The Morgan fingerprint density at radius 1 is 1.45 bits per heavy atom. The number of benzene rings is 1. The van der Waals surface area contributed by atoms with Gasteiger partial charge in [0.2, 0.25) is 0 Å². The summed E-state index contributed by atoms with van der Waals surface area (Å²) in [5, 5.41) is 7.28. The van der Waals surface area contributed by atoms with Crippen LogP contribution in [0.4, 0.5) is 0 Å². The molecule has 1 aromatic carbocycles. The summed E-state index contributed by atoms with van der Waals surface area (Å²) < 4.78 is 5.99. The Morgan fingerprint density at radius 2 is 2.30 bits per heavy atom. The van der Waals surface area contributed by atoms with Crippen LogP contribution in [0.1, 0.15) is 18.9 Å². The van der Waals surface area contributed by atoms with Crippen LogP contribution in [0.2, 0.25) is 5.02 Å². The molecule has 0 saturated carbocycles. The molecule has 0 spiro atoms. The lowest BCUT2D eigenvalue weighted by molar-refractivity contribution is 0.170. The van der Waals surface area contributed by atoms with Crippen molar-refractivity contribution in [3.63, 3.8) is 0 Å². The Hall–Kier alpha value is -1.10. The molecule has 2 aromatic rings. The molecule has 20 heavy (non-hydrogen) atoms. The van der Waals surface area contributed by atoms with E-state index in [0.717, 1.165) is 23.7 Å². The summed E-state index contributed by atoms with van der Waals surface area (Å²) in [4.78, 5) is 4.34. The van der Waals surface area contributed by atoms with Crippen molar-refractivity contribution in [2.45, 2.75) is 32.4 Å². The lowest BCUT2D eigenvalue weighted by Gasteiger charge is -2.25. The molecule has 108 valence electrons. The number of halogens is 1. The van der Waals surface area contributed by atoms with Crippen LogP contribution in [0, 0.1) is 0 Å². The van der Waals surface area contributed by atoms with Crippen LogP contribution < -0.4 is 10.1 Å². The van der Waals surface area contributed by atoms with Crippen molar-refractivity contribution in [1.29, 1.82) is 0 Å². The summed E-state index contributed by atoms with van der Waals surface area (Å²) in [5.74, 6) is 0.798. The Kier molecular flexibility index (Phi) is 5.83. The number of hydrogen-bond acceptors (Lipinski definition) is 4. The average Bonchev–Trinajstić information content (AvgIpc) is 2.91. The van der Waals surface area contributed by atoms with Crippen molar-refractivity contribution in [2.75, 3.05) is 6.54 Å². The van der Waals surface area contributed by atoms with Gasteiger partial charge in [0.25, 0.3) is 0 Å². The van der Waals surface area contributed by atoms with Crippen LogP contribution in [0.3, 0.4) is 0 Å². The maximum atomic E-state index is 5.99. The van der Waals surface area contributed by atoms with Crippen LogP contribution >= 0.6 is 22.9 Å². The number of hydrogen-bond donors (Lipinski definition) is 1. The summed E-state index contributed by atoms with van der Waals surface area (Å²) in [6.07, 6.45) is 2.75. The molecule has 2 atom stereocenters. The maximum absolute atomic E-state index is 5.99. The Bertz CT molecular complexity index is 518. The minimum absolute atomic E-state index is 0.0392. The zero-order chi connectivity index (χ0) is 14.4. The second kappa shape index (κ2) is 7.62. The zero-order valence-electron chi connectivity index (χ0n) is 11.7. The van der Waals surface area contributed by atoms with Gasteiger partial charge in [0.15, 0.2) is 0 Å². The molecule has 0 fully saturated rings. The van der Waals surface area contributed by atoms with Gasteiger partial charge in [-0.15, -0.1) is 11.3 Å². The lowest BCUT2D eigenvalue weighted by atomic mass is 10.1. The third kappa shape index (κ3) is 4.47. The summed E-state index contributed by atoms with van der Waals surface area (Å²) in [6, 6.07) is 7.73. The van der Waals surface area contributed by atoms with E-state index in [0.29, 0.717) is 5.02 Å². The fraction of sp³-hybridized carbons (Fsp3) is 0.400. The molecule has 5 heteroatoms. The second-order valence-electron chi connectivity index (χ2n) is 4.57. The van der Waals surface area contributed by atoms with Crippen LogP contribution in [0.5, 0.6) is 5.75 Å². The van der Waals surface area contributed by atoms with Crippen molar-refractivity contribution >= 4 is 22.9 Å². The summed E-state index contributed by atoms with van der Waals surface area (Å²) in [5.41, 5.74) is 0. The van der Waals surface area contributed by atoms with Gasteiger partial charge in [0.1, 0.15) is 11.9 Å². The van der Waals surface area contributed by atoms with Crippen molar-refractivity contribution in [3.05, 3.63) is 45.9 Å². The molecule has 2 unspecified atom stereocenters. The summed E-state index contributed by atoms with van der Waals surface area (Å²) in [7, 11) is 0. The maximum Gasteiger partial charge on any atom is 0.121 e. The number of thiazole rings is 1. The van der Waals surface area contributed by atoms with Crippen LogP contribution in [0.25, 0.3) is 0 Å². The van der Waals surface area contributed by atoms with E-state index in [2.05, 4.69) is 24.1 Å². The quantitative estimate of drug-likeness (QED) is 0.845. The zero-order valence-corrected chi connectivity index (χ0v) is 13.2. The molecule has 1 aromatic heterocycles. The number of nitrogens with one attached hydrogen (secondary N) is 1. The predicted octanol–water partition coefficient (Wildman–Crippen LogP) is 3.78. The Morgan fingerprint density at radius 3 is 2.95 bits per heavy atom. The molecule has 0 aliphatic rings. The normalized spacial score (nSPS) is 13.9. The second-order valence-corrected chi connectivity index (χ2v) is 5.99. The van der Waals surface area contributed by atoms with Gasteiger partial charge in [0.05, 0.1) is 11.0 Å². The number of likely N-dealkylation sites (N-methyl/N-ethyl adjacent to an activating group) is 1. The highest BCUT2D eigenvalue weighted by Crippen LogP contribution is 2.20. The van der Waals surface area contributed by atoms with Gasteiger partial charge < -0.3 is 10.1 Å². The van der Waals surface area contributed by atoms with Crippen molar-refractivity contribution in [1.82, 2.24) is 10.3 Å². The van der Waals surface area contributed by atoms with E-state index in [-0.39, 0.29) is 12.1 Å². The van der Waals surface area contributed by atoms with Gasteiger partial charge in [-0.05, 0) is 31.7 Å². The third-order valence-corrected chi connectivity index (χ3v) is 4.07. The summed E-state index contributed by atoms with van der Waals surface area (Å²) >= 11 is 7.66. The lowest BCUT2D eigenvalue weighted by Crippen LogP contribution is -2.43. The van der Waals surface area contributed by atoms with Crippen LogP contribution in [0.15, 0.2) is 35.8 Å². The fourth-order valence-electron chi connectivity index (χ4n) is 2.05. The van der Waals surface area contributed by atoms with E-state index >= 15 is 0 Å². The predicted molar refractivity (Wildman–Crippen MR) is 84.8 cm³/mol. The standard InChI is InChI=1S/C15H19ClN2OS/c1-3-17-14(10-15-18-7-8-20-15)11(2)19-13-6-4-5-12(16)9-13/h4-9,11,14,17H,3,10H2,1-2H3. The van der Waals surface area contributed by atoms with Crippen LogP contribution in [-0.2, 0) is 6.42 Å². The smallest absolute Gasteiger partial charge is 0.121 e. The Labute approximate surface area is 129 Å². The monoisotopic (exact) mass is 310 g/mol. The summed E-state index contributed by atoms with van der Waals surface area (Å²) in [6.45, 7) is 5.07. The first kappa shape index (κ1) is 15.3. The first-order valence-corrected chi connectivity index (χ1v) is 7.98. The number of rotatable bonds is 7. The molecule has 1 heterocycles. The minimum Gasteiger partial charge on any atom is -0.489 e. The molecular weight excluding hydrogens is 292 g/mol. The van der Waals surface area contributed by atoms with E-state index in [1.54, 1.807) is 11.3 Å². The Balaban J connectivity index is 2.00. The van der Waals surface area contributed by atoms with Gasteiger partial charge in [-0.1, -0.05) is 24.6 Å². The van der Waals surface area contributed by atoms with Crippen molar-refractivity contribution in [3.8, 4) is 5.75 Å². The molecule has 0 radical (unpaired) electrons. The molecular formula is C15H19ClN2OS. The van der Waals surface area contributed by atoms with Crippen LogP contribution in [-0.4, -0.2) is 23.7 Å². The molecule has 0 aliphatic heterocycles. The topological polar surface area (TPSA) is 34.2 Å². The average molecular weight is 311 g/mol. The number of aromatic nitrogens is 1. The number of nitrogens with zero attached hydrogens (tertiary/aromatic N) is 1. The minimum atomic E-state index is 0.0392. The van der Waals surface area contributed by atoms with Crippen molar-refractivity contribution in [2.24, 2.45) is 0 Å². The molecule has 1 N–H and O–H groups in total. The van der Waals surface area contributed by atoms with Gasteiger partial charge in [-0.2, -0.15) is 0 Å². The largest absolute Gasteiger partial charge is 0.489 e. The molecule has 2 rings (SSSR count). The molecule has 0 amide bonds. The molecule has 0 saturated heterocycles. The molecule has 3 nitrogen and oxygen atoms in total. The van der Waals surface area contributed by atoms with Gasteiger partial charge in [-0.25, -0.2) is 4.98 Å². The highest BCUT2D eigenvalue weighted by atomic mass is 35.5. The van der Waals surface area contributed by atoms with E-state index in [4.69, 9.17) is 16.3 Å². The molecule has 0 aliphatic carbocycles. The van der Waals surface area contributed by atoms with E-state index < -0.39 is 0 Å². The van der Waals surface area contributed by atoms with E-state index in [1.807, 2.05) is 35.8 Å². The van der Waals surface area contributed by atoms with E-state index in [9.17, 15) is 0 Å². The van der Waals surface area contributed by atoms with Crippen molar-refractivity contribution < 1.29 is 4.74 Å². The highest BCUT2D eigenvalue weighted by Gasteiger charge is 2.19. The third-order valence-electron chi connectivity index (χ3n) is 3.03. The first-order valence-electron chi connectivity index (χ1n) is 6.73. The first-order chi connectivity index (χ1) is 9.69. The number of ether oxygens (including phenoxy) is 1.